The third-order valence-corrected chi connectivity index (χ3v) is 2.37. The van der Waals surface area contributed by atoms with Gasteiger partial charge in [0, 0.05) is 11.8 Å². The highest BCUT2D eigenvalue weighted by Gasteiger charge is 2.03. The number of H-pyrrole nitrogens is 1. The molecule has 98 valence electrons. The molecule has 0 fully saturated rings. The maximum Gasteiger partial charge on any atom is 0.246 e. The second-order valence-corrected chi connectivity index (χ2v) is 3.67. The molecule has 6 N–H and O–H groups in total. The molecule has 3 rings (SSSR count). The molecule has 0 saturated heterocycles. The topological polar surface area (TPSA) is 136 Å². The minimum absolute atomic E-state index is 0.355. The van der Waals surface area contributed by atoms with Crippen LogP contribution in [0.4, 0.5) is 5.82 Å². The van der Waals surface area contributed by atoms with Crippen molar-refractivity contribution < 1.29 is 4.79 Å². The Bertz CT molecular complexity index is 643. The van der Waals surface area contributed by atoms with E-state index < -0.39 is 0 Å². The van der Waals surface area contributed by atoms with Gasteiger partial charge in [0.15, 0.2) is 11.5 Å². The van der Waals surface area contributed by atoms with Crippen LogP contribution in [0.2, 0.25) is 0 Å². The maximum atomic E-state index is 10.4. The number of primary amides is 1. The van der Waals surface area contributed by atoms with Crippen molar-refractivity contribution in [3.8, 4) is 0 Å². The summed E-state index contributed by atoms with van der Waals surface area (Å²) in [6.07, 6.45) is 8.81. The molecule has 1 amide bonds. The van der Waals surface area contributed by atoms with Crippen molar-refractivity contribution in [3.05, 3.63) is 36.7 Å². The minimum atomic E-state index is -0.355. The Morgan fingerprint density at radius 2 is 2.16 bits per heavy atom. The van der Waals surface area contributed by atoms with E-state index in [0.29, 0.717) is 29.0 Å². The highest BCUT2D eigenvalue weighted by atomic mass is 16.1. The molecule has 2 aromatic heterocycles. The molecular formula is C11H13N7O. The van der Waals surface area contributed by atoms with Crippen LogP contribution in [0.15, 0.2) is 36.7 Å². The zero-order valence-electron chi connectivity index (χ0n) is 10.00. The van der Waals surface area contributed by atoms with Crippen LogP contribution in [0.3, 0.4) is 0 Å². The number of imidazole rings is 1. The standard InChI is InChI=1S/C6H8N2O.C5H5N5/c7-6(9)5-2-1-3-8-4-5;6-4-3-5(9-1-7-3)10-2-8-4/h1,3-4,8H,2H2,(H2,7,9);1-2H,(H3,6,7,8,9,10). The van der Waals surface area contributed by atoms with Gasteiger partial charge in [0.25, 0.3) is 0 Å². The molecular weight excluding hydrogens is 246 g/mol. The molecule has 2 aromatic rings. The summed E-state index contributed by atoms with van der Waals surface area (Å²) in [5, 5.41) is 2.77. The predicted octanol–water partition coefficient (Wildman–Crippen LogP) is -0.202. The lowest BCUT2D eigenvalue weighted by atomic mass is 10.2. The number of hydrogen-bond acceptors (Lipinski definition) is 6. The fraction of sp³-hybridized carbons (Fsp3) is 0.0909. The normalized spacial score (nSPS) is 13.2. The summed E-state index contributed by atoms with van der Waals surface area (Å²) in [5.74, 6) is 0.0538. The molecule has 0 unspecified atom stereocenters. The van der Waals surface area contributed by atoms with Crippen molar-refractivity contribution in [3.63, 3.8) is 0 Å². The Morgan fingerprint density at radius 1 is 1.32 bits per heavy atom. The van der Waals surface area contributed by atoms with Gasteiger partial charge in [0.1, 0.15) is 11.8 Å². The van der Waals surface area contributed by atoms with Crippen molar-refractivity contribution in [1.82, 2.24) is 25.3 Å². The Labute approximate surface area is 108 Å². The van der Waals surface area contributed by atoms with E-state index in [-0.39, 0.29) is 5.91 Å². The number of fused-ring (bicyclic) bond motifs is 1. The first-order valence-electron chi connectivity index (χ1n) is 5.48. The number of nitrogens with two attached hydrogens (primary N) is 2. The van der Waals surface area contributed by atoms with Gasteiger partial charge >= 0.3 is 0 Å². The number of rotatable bonds is 1. The van der Waals surface area contributed by atoms with Crippen LogP contribution in [-0.4, -0.2) is 25.8 Å². The molecule has 0 aliphatic carbocycles. The van der Waals surface area contributed by atoms with Gasteiger partial charge in [-0.3, -0.25) is 4.79 Å². The fourth-order valence-corrected chi connectivity index (χ4v) is 1.42. The number of hydrogen-bond donors (Lipinski definition) is 4. The SMILES string of the molecule is NC(=O)C1=CNC=CC1.Nc1ncnc2[nH]cnc12. The molecule has 0 aromatic carbocycles. The van der Waals surface area contributed by atoms with Crippen LogP contribution in [0.25, 0.3) is 11.2 Å². The number of aromatic amines is 1. The van der Waals surface area contributed by atoms with Crippen LogP contribution in [0, 0.1) is 0 Å². The third kappa shape index (κ3) is 3.06. The first kappa shape index (κ1) is 12.6. The lowest BCUT2D eigenvalue weighted by Gasteiger charge is -2.03. The highest BCUT2D eigenvalue weighted by molar-refractivity contribution is 5.92. The first-order valence-corrected chi connectivity index (χ1v) is 5.48. The molecule has 0 radical (unpaired) electrons. The molecule has 1 aliphatic heterocycles. The van der Waals surface area contributed by atoms with Gasteiger partial charge in [0.2, 0.25) is 5.91 Å². The lowest BCUT2D eigenvalue weighted by Crippen LogP contribution is -2.17. The van der Waals surface area contributed by atoms with Crippen molar-refractivity contribution in [2.75, 3.05) is 5.73 Å². The Hall–Kier alpha value is -2.90. The minimum Gasteiger partial charge on any atom is -0.382 e. The third-order valence-electron chi connectivity index (χ3n) is 2.37. The van der Waals surface area contributed by atoms with Crippen LogP contribution in [-0.2, 0) is 4.79 Å². The van der Waals surface area contributed by atoms with Crippen LogP contribution >= 0.6 is 0 Å². The number of aromatic nitrogens is 4. The van der Waals surface area contributed by atoms with Crippen molar-refractivity contribution in [2.24, 2.45) is 5.73 Å². The van der Waals surface area contributed by atoms with E-state index in [9.17, 15) is 4.79 Å². The van der Waals surface area contributed by atoms with Gasteiger partial charge in [-0.15, -0.1) is 0 Å². The molecule has 8 heteroatoms. The number of amides is 1. The molecule has 1 aliphatic rings. The summed E-state index contributed by atoms with van der Waals surface area (Å²) in [5.41, 5.74) is 12.4. The second kappa shape index (κ2) is 5.63. The quantitative estimate of drug-likeness (QED) is 0.560. The number of allylic oxidation sites excluding steroid dienone is 1. The van der Waals surface area contributed by atoms with Crippen LogP contribution in [0.5, 0.6) is 0 Å². The van der Waals surface area contributed by atoms with Crippen molar-refractivity contribution >= 4 is 22.9 Å². The van der Waals surface area contributed by atoms with Gasteiger partial charge in [0.05, 0.1) is 6.33 Å². The molecule has 8 nitrogen and oxygen atoms in total. The van der Waals surface area contributed by atoms with Crippen molar-refractivity contribution in [2.45, 2.75) is 6.42 Å². The first-order chi connectivity index (χ1) is 9.18. The van der Waals surface area contributed by atoms with Gasteiger partial charge in [-0.2, -0.15) is 0 Å². The molecule has 0 saturated carbocycles. The summed E-state index contributed by atoms with van der Waals surface area (Å²) in [4.78, 5) is 24.8. The number of anilines is 1. The van der Waals surface area contributed by atoms with Gasteiger partial charge in [-0.25, -0.2) is 15.0 Å². The molecule has 0 atom stereocenters. The summed E-state index contributed by atoms with van der Waals surface area (Å²) in [6, 6.07) is 0. The smallest absolute Gasteiger partial charge is 0.246 e. The Morgan fingerprint density at radius 3 is 2.74 bits per heavy atom. The Balaban J connectivity index is 0.000000141. The summed E-state index contributed by atoms with van der Waals surface area (Å²) in [7, 11) is 0. The Kier molecular flexibility index (Phi) is 3.72. The predicted molar refractivity (Wildman–Crippen MR) is 70.3 cm³/mol. The summed E-state index contributed by atoms with van der Waals surface area (Å²) < 4.78 is 0. The number of nitrogens with zero attached hydrogens (tertiary/aromatic N) is 3. The summed E-state index contributed by atoms with van der Waals surface area (Å²) in [6.45, 7) is 0. The average Bonchev–Trinajstić information content (AvgIpc) is 2.90. The number of dihydropyridines is 1. The fourth-order valence-electron chi connectivity index (χ4n) is 1.42. The van der Waals surface area contributed by atoms with E-state index in [4.69, 9.17) is 11.5 Å². The molecule has 0 spiro atoms. The number of carbonyl (C=O) groups excluding carboxylic acids is 1. The van der Waals surface area contributed by atoms with Gasteiger partial charge < -0.3 is 21.8 Å². The molecule has 19 heavy (non-hydrogen) atoms. The lowest BCUT2D eigenvalue weighted by molar-refractivity contribution is -0.114. The van der Waals surface area contributed by atoms with E-state index in [1.54, 1.807) is 12.4 Å². The van der Waals surface area contributed by atoms with E-state index >= 15 is 0 Å². The zero-order valence-corrected chi connectivity index (χ0v) is 10.00. The van der Waals surface area contributed by atoms with Crippen LogP contribution < -0.4 is 16.8 Å². The highest BCUT2D eigenvalue weighted by Crippen LogP contribution is 2.09. The maximum absolute atomic E-state index is 10.4. The van der Waals surface area contributed by atoms with Crippen molar-refractivity contribution in [1.29, 1.82) is 0 Å². The van der Waals surface area contributed by atoms with E-state index in [2.05, 4.69) is 25.3 Å². The number of nitrogens with one attached hydrogen (secondary N) is 2. The van der Waals surface area contributed by atoms with Gasteiger partial charge in [-0.1, -0.05) is 6.08 Å². The van der Waals surface area contributed by atoms with E-state index in [1.165, 1.54) is 12.7 Å². The number of carbonyl (C=O) groups is 1. The zero-order chi connectivity index (χ0) is 13.7. The average molecular weight is 259 g/mol. The largest absolute Gasteiger partial charge is 0.382 e. The van der Waals surface area contributed by atoms with E-state index in [0.717, 1.165) is 0 Å². The van der Waals surface area contributed by atoms with Gasteiger partial charge in [-0.05, 0) is 12.6 Å². The van der Waals surface area contributed by atoms with E-state index in [1.807, 2.05) is 6.08 Å². The molecule has 0 bridgehead atoms. The molecule has 3 heterocycles. The monoisotopic (exact) mass is 259 g/mol. The number of nitrogen functional groups attached to an aromatic ring is 1. The van der Waals surface area contributed by atoms with Crippen LogP contribution in [0.1, 0.15) is 6.42 Å². The summed E-state index contributed by atoms with van der Waals surface area (Å²) >= 11 is 0. The second-order valence-electron chi connectivity index (χ2n) is 3.67.